The fraction of sp³-hybridized carbons (Fsp3) is 0.130. The summed E-state index contributed by atoms with van der Waals surface area (Å²) < 4.78 is 0. The Kier molecular flexibility index (Phi) is 5.61. The van der Waals surface area contributed by atoms with Gasteiger partial charge in [-0.1, -0.05) is 24.3 Å². The van der Waals surface area contributed by atoms with Crippen LogP contribution in [0.25, 0.3) is 17.3 Å². The van der Waals surface area contributed by atoms with Gasteiger partial charge in [-0.2, -0.15) is 0 Å². The molecule has 0 bridgehead atoms. The molecular formula is C23H22N6O2. The maximum atomic E-state index is 12.5. The van der Waals surface area contributed by atoms with Gasteiger partial charge in [0.15, 0.2) is 0 Å². The number of H-pyrrole nitrogens is 1. The third kappa shape index (κ3) is 4.69. The number of imidazole rings is 1. The highest BCUT2D eigenvalue weighted by Gasteiger charge is 2.22. The minimum absolute atomic E-state index is 0.0701. The standard InChI is InChI=1S/C23H22N6O2/c24-18-7-5-16(6-8-18)20-13-27-21(28-20)10-9-19(25)15-1-3-17(4-2-15)23(31)29-12-11-26-22(30)14-29/h1-10,13,25H,11-12,14,24H2,(H,26,30)(H,27,28)/b10-9-,25-19?. The van der Waals surface area contributed by atoms with Gasteiger partial charge in [-0.3, -0.25) is 9.59 Å². The molecule has 2 amide bonds. The molecule has 0 aliphatic carbocycles. The van der Waals surface area contributed by atoms with Gasteiger partial charge in [0.1, 0.15) is 5.82 Å². The minimum atomic E-state index is -0.186. The normalized spacial score (nSPS) is 13.9. The lowest BCUT2D eigenvalue weighted by Crippen LogP contribution is -2.49. The molecule has 31 heavy (non-hydrogen) atoms. The molecule has 156 valence electrons. The Bertz CT molecular complexity index is 1150. The van der Waals surface area contributed by atoms with E-state index in [2.05, 4.69) is 15.3 Å². The van der Waals surface area contributed by atoms with Crippen molar-refractivity contribution >= 4 is 29.3 Å². The lowest BCUT2D eigenvalue weighted by atomic mass is 10.1. The summed E-state index contributed by atoms with van der Waals surface area (Å²) in [5.74, 6) is 0.293. The van der Waals surface area contributed by atoms with Crippen LogP contribution in [0.1, 0.15) is 21.7 Å². The molecule has 2 aromatic carbocycles. The molecule has 5 N–H and O–H groups in total. The summed E-state index contributed by atoms with van der Waals surface area (Å²) in [5.41, 5.74) is 9.72. The van der Waals surface area contributed by atoms with Crippen LogP contribution in [-0.2, 0) is 4.79 Å². The SMILES string of the molecule is N=C(/C=C\c1ncc(-c2ccc(N)cc2)[nH]1)c1ccc(C(=O)N2CCNC(=O)C2)cc1. The van der Waals surface area contributed by atoms with E-state index < -0.39 is 0 Å². The monoisotopic (exact) mass is 414 g/mol. The predicted molar refractivity (Wildman–Crippen MR) is 120 cm³/mol. The van der Waals surface area contributed by atoms with Crippen molar-refractivity contribution in [3.8, 4) is 11.3 Å². The highest BCUT2D eigenvalue weighted by Crippen LogP contribution is 2.19. The quantitative estimate of drug-likeness (QED) is 0.377. The zero-order valence-corrected chi connectivity index (χ0v) is 16.8. The van der Waals surface area contributed by atoms with E-state index in [9.17, 15) is 9.59 Å². The average molecular weight is 414 g/mol. The smallest absolute Gasteiger partial charge is 0.254 e. The van der Waals surface area contributed by atoms with Gasteiger partial charge in [0, 0.05) is 24.3 Å². The molecule has 3 aromatic rings. The number of carbonyl (C=O) groups excluding carboxylic acids is 2. The number of nitrogen functional groups attached to an aromatic ring is 1. The van der Waals surface area contributed by atoms with Crippen molar-refractivity contribution in [2.45, 2.75) is 0 Å². The molecule has 1 aromatic heterocycles. The van der Waals surface area contributed by atoms with E-state index >= 15 is 0 Å². The van der Waals surface area contributed by atoms with E-state index in [-0.39, 0.29) is 18.4 Å². The van der Waals surface area contributed by atoms with E-state index in [0.29, 0.717) is 41.4 Å². The number of nitrogens with two attached hydrogens (primary N) is 1. The van der Waals surface area contributed by atoms with Crippen LogP contribution in [0.2, 0.25) is 0 Å². The van der Waals surface area contributed by atoms with Crippen molar-refractivity contribution in [1.82, 2.24) is 20.2 Å². The van der Waals surface area contributed by atoms with Crippen LogP contribution in [0.15, 0.2) is 60.8 Å². The summed E-state index contributed by atoms with van der Waals surface area (Å²) in [6.45, 7) is 1.03. The van der Waals surface area contributed by atoms with Crippen LogP contribution in [0, 0.1) is 5.41 Å². The van der Waals surface area contributed by atoms with E-state index in [4.69, 9.17) is 11.1 Å². The molecule has 2 heterocycles. The first-order chi connectivity index (χ1) is 15.0. The Morgan fingerprint density at radius 2 is 1.81 bits per heavy atom. The molecule has 8 heteroatoms. The van der Waals surface area contributed by atoms with E-state index in [1.54, 1.807) is 42.6 Å². The molecule has 4 rings (SSSR count). The van der Waals surface area contributed by atoms with E-state index in [1.165, 1.54) is 4.90 Å². The number of aromatic amines is 1. The first-order valence-electron chi connectivity index (χ1n) is 9.83. The largest absolute Gasteiger partial charge is 0.399 e. The molecule has 1 saturated heterocycles. The second-order valence-corrected chi connectivity index (χ2v) is 7.21. The van der Waals surface area contributed by atoms with Gasteiger partial charge in [-0.05, 0) is 47.5 Å². The molecular weight excluding hydrogens is 392 g/mol. The number of amides is 2. The predicted octanol–water partition coefficient (Wildman–Crippen LogP) is 2.31. The number of allylic oxidation sites excluding steroid dienone is 1. The Labute approximate surface area is 179 Å². The van der Waals surface area contributed by atoms with Gasteiger partial charge in [-0.15, -0.1) is 0 Å². The van der Waals surface area contributed by atoms with Gasteiger partial charge < -0.3 is 26.3 Å². The molecule has 0 unspecified atom stereocenters. The van der Waals surface area contributed by atoms with Crippen LogP contribution in [0.3, 0.4) is 0 Å². The van der Waals surface area contributed by atoms with Gasteiger partial charge in [0.25, 0.3) is 5.91 Å². The zero-order valence-electron chi connectivity index (χ0n) is 16.8. The zero-order chi connectivity index (χ0) is 21.8. The van der Waals surface area contributed by atoms with Crippen molar-refractivity contribution in [2.75, 3.05) is 25.4 Å². The number of nitrogens with one attached hydrogen (secondary N) is 3. The number of piperazine rings is 1. The summed E-state index contributed by atoms with van der Waals surface area (Å²) in [4.78, 5) is 33.1. The first-order valence-corrected chi connectivity index (χ1v) is 9.83. The summed E-state index contributed by atoms with van der Waals surface area (Å²) in [5, 5.41) is 11.0. The molecule has 0 spiro atoms. The number of anilines is 1. The lowest BCUT2D eigenvalue weighted by molar-refractivity contribution is -0.123. The minimum Gasteiger partial charge on any atom is -0.399 e. The molecule has 0 radical (unpaired) electrons. The van der Waals surface area contributed by atoms with Crippen molar-refractivity contribution in [2.24, 2.45) is 0 Å². The van der Waals surface area contributed by atoms with Crippen molar-refractivity contribution < 1.29 is 9.59 Å². The number of nitrogens with zero attached hydrogens (tertiary/aromatic N) is 2. The molecule has 1 aliphatic rings. The lowest BCUT2D eigenvalue weighted by Gasteiger charge is -2.26. The van der Waals surface area contributed by atoms with Crippen LogP contribution < -0.4 is 11.1 Å². The second-order valence-electron chi connectivity index (χ2n) is 7.21. The summed E-state index contributed by atoms with van der Waals surface area (Å²) in [6.07, 6.45) is 5.11. The third-order valence-corrected chi connectivity index (χ3v) is 4.99. The van der Waals surface area contributed by atoms with Crippen molar-refractivity contribution in [3.63, 3.8) is 0 Å². The van der Waals surface area contributed by atoms with Crippen LogP contribution >= 0.6 is 0 Å². The van der Waals surface area contributed by atoms with Crippen molar-refractivity contribution in [1.29, 1.82) is 5.41 Å². The van der Waals surface area contributed by atoms with Crippen LogP contribution in [0.5, 0.6) is 0 Å². The fourth-order valence-electron chi connectivity index (χ4n) is 3.28. The van der Waals surface area contributed by atoms with Crippen LogP contribution in [-0.4, -0.2) is 52.0 Å². The molecule has 0 atom stereocenters. The first kappa shape index (κ1) is 20.1. The van der Waals surface area contributed by atoms with Crippen LogP contribution in [0.4, 0.5) is 5.69 Å². The Hall–Kier alpha value is -4.20. The van der Waals surface area contributed by atoms with Gasteiger partial charge in [-0.25, -0.2) is 4.98 Å². The number of benzene rings is 2. The Balaban J connectivity index is 1.40. The molecule has 1 aliphatic heterocycles. The second kappa shape index (κ2) is 8.66. The number of carbonyl (C=O) groups is 2. The number of aromatic nitrogens is 2. The van der Waals surface area contributed by atoms with Gasteiger partial charge >= 0.3 is 0 Å². The van der Waals surface area contributed by atoms with E-state index in [0.717, 1.165) is 11.3 Å². The fourth-order valence-corrected chi connectivity index (χ4v) is 3.28. The maximum absolute atomic E-state index is 12.5. The number of hydrogen-bond donors (Lipinski definition) is 4. The highest BCUT2D eigenvalue weighted by molar-refractivity contribution is 6.09. The van der Waals surface area contributed by atoms with E-state index in [1.807, 2.05) is 24.3 Å². The Morgan fingerprint density at radius 1 is 1.10 bits per heavy atom. The Morgan fingerprint density at radius 3 is 2.52 bits per heavy atom. The summed E-state index contributed by atoms with van der Waals surface area (Å²) in [7, 11) is 0. The molecule has 1 fully saturated rings. The molecule has 8 nitrogen and oxygen atoms in total. The van der Waals surface area contributed by atoms with Gasteiger partial charge in [0.05, 0.1) is 24.1 Å². The highest BCUT2D eigenvalue weighted by atomic mass is 16.2. The number of rotatable bonds is 5. The van der Waals surface area contributed by atoms with Gasteiger partial charge in [0.2, 0.25) is 5.91 Å². The topological polar surface area (TPSA) is 128 Å². The average Bonchev–Trinajstić information content (AvgIpc) is 3.26. The summed E-state index contributed by atoms with van der Waals surface area (Å²) >= 11 is 0. The van der Waals surface area contributed by atoms with Crippen molar-refractivity contribution in [3.05, 3.63) is 77.8 Å². The maximum Gasteiger partial charge on any atom is 0.254 e. The number of hydrogen-bond acceptors (Lipinski definition) is 5. The summed E-state index contributed by atoms with van der Waals surface area (Å²) in [6, 6.07) is 14.3. The third-order valence-electron chi connectivity index (χ3n) is 4.99. The molecule has 0 saturated carbocycles.